The molecule has 3 aromatic heterocycles. The number of nitrogens with two attached hydrogens (primary N) is 1. The van der Waals surface area contributed by atoms with Crippen molar-refractivity contribution in [3.63, 3.8) is 0 Å². The summed E-state index contributed by atoms with van der Waals surface area (Å²) in [5.41, 5.74) is 9.61. The molecule has 1 saturated heterocycles. The summed E-state index contributed by atoms with van der Waals surface area (Å²) in [4.78, 5) is 19.3. The molecule has 0 spiro atoms. The lowest BCUT2D eigenvalue weighted by Crippen LogP contribution is -2.49. The summed E-state index contributed by atoms with van der Waals surface area (Å²) in [5, 5.41) is 13.3. The molecule has 4 heterocycles. The molecule has 3 fully saturated rings. The maximum absolute atomic E-state index is 9.55. The van der Waals surface area contributed by atoms with E-state index in [1.807, 2.05) is 31.1 Å². The van der Waals surface area contributed by atoms with E-state index in [2.05, 4.69) is 26.5 Å². The molecular weight excluding hydrogens is 528 g/mol. The van der Waals surface area contributed by atoms with E-state index in [1.54, 1.807) is 6.20 Å². The summed E-state index contributed by atoms with van der Waals surface area (Å²) in [6.45, 7) is 4.70. The lowest BCUT2D eigenvalue weighted by Gasteiger charge is -2.39. The number of hydrogen-bond donors (Lipinski definition) is 2. The molecule has 2 aliphatic carbocycles. The van der Waals surface area contributed by atoms with Crippen LogP contribution in [0.25, 0.3) is 22.3 Å². The van der Waals surface area contributed by atoms with Crippen LogP contribution in [0, 0.1) is 11.8 Å². The summed E-state index contributed by atoms with van der Waals surface area (Å²) >= 11 is 6.51. The van der Waals surface area contributed by atoms with Gasteiger partial charge in [-0.25, -0.2) is 15.0 Å². The Morgan fingerprint density at radius 3 is 2.73 bits per heavy atom. The SMILES string of the molecule is CC1CCC(Cn2c(N3CCO[C@@H]4CCC[C@H]43)nc3cc(C(N)=NO)nc(-c4cc(Cl)cnc4N(C)C)c32)CC1. The van der Waals surface area contributed by atoms with Gasteiger partial charge in [0.05, 0.1) is 34.8 Å². The number of oxime groups is 1. The standard InChI is InChI=1S/C29H39ClN8O2/c1-17-7-9-18(10-8-17)16-38-26-21(34-29(38)37-11-12-40-24-6-4-5-23(24)37)14-22(27(31)35-39)33-25(26)20-13-19(30)15-32-28(20)36(2)3/h13-15,17-18,23-24,39H,4-12,16H2,1-3H3,(H2,31,35)/t17?,18?,23-,24-/m1/s1. The van der Waals surface area contributed by atoms with Crippen molar-refractivity contribution in [1.82, 2.24) is 19.5 Å². The fourth-order valence-electron chi connectivity index (χ4n) is 6.81. The summed E-state index contributed by atoms with van der Waals surface area (Å²) < 4.78 is 8.55. The minimum Gasteiger partial charge on any atom is -0.409 e. The highest BCUT2D eigenvalue weighted by Crippen LogP contribution is 2.40. The number of hydrogen-bond acceptors (Lipinski definition) is 8. The molecule has 0 radical (unpaired) electrons. The number of amidine groups is 1. The molecule has 3 N–H and O–H groups in total. The van der Waals surface area contributed by atoms with Crippen LogP contribution in [0.2, 0.25) is 5.02 Å². The predicted molar refractivity (Wildman–Crippen MR) is 158 cm³/mol. The van der Waals surface area contributed by atoms with E-state index in [-0.39, 0.29) is 11.9 Å². The number of morpholine rings is 1. The molecule has 6 rings (SSSR count). The topological polar surface area (TPSA) is 118 Å². The van der Waals surface area contributed by atoms with Gasteiger partial charge in [0.25, 0.3) is 0 Å². The Morgan fingerprint density at radius 2 is 1.98 bits per heavy atom. The summed E-state index contributed by atoms with van der Waals surface area (Å²) in [5.74, 6) is 2.95. The second-order valence-electron chi connectivity index (χ2n) is 11.9. The molecule has 2 atom stereocenters. The number of rotatable bonds is 6. The minimum absolute atomic E-state index is 0.0656. The first-order chi connectivity index (χ1) is 19.3. The fraction of sp³-hybridized carbons (Fsp3) is 0.586. The van der Waals surface area contributed by atoms with Crippen LogP contribution in [0.3, 0.4) is 0 Å². The third kappa shape index (κ3) is 4.96. The van der Waals surface area contributed by atoms with E-state index in [9.17, 15) is 5.21 Å². The molecule has 214 valence electrons. The van der Waals surface area contributed by atoms with Gasteiger partial charge in [-0.3, -0.25) is 0 Å². The molecule has 3 aromatic rings. The molecule has 0 amide bonds. The minimum atomic E-state index is -0.0656. The number of anilines is 2. The Balaban J connectivity index is 1.60. The van der Waals surface area contributed by atoms with E-state index in [1.165, 1.54) is 25.7 Å². The molecule has 0 bridgehead atoms. The Morgan fingerprint density at radius 1 is 1.18 bits per heavy atom. The first-order valence-electron chi connectivity index (χ1n) is 14.4. The van der Waals surface area contributed by atoms with Crippen molar-refractivity contribution in [1.29, 1.82) is 0 Å². The summed E-state index contributed by atoms with van der Waals surface area (Å²) in [7, 11) is 3.90. The second kappa shape index (κ2) is 11.0. The van der Waals surface area contributed by atoms with Gasteiger partial charge in [0, 0.05) is 38.9 Å². The van der Waals surface area contributed by atoms with Crippen molar-refractivity contribution in [3.8, 4) is 11.3 Å². The molecule has 1 aliphatic heterocycles. The average Bonchev–Trinajstić information content (AvgIpc) is 3.58. The van der Waals surface area contributed by atoms with Gasteiger partial charge in [-0.05, 0) is 56.1 Å². The van der Waals surface area contributed by atoms with Gasteiger partial charge in [-0.1, -0.05) is 36.5 Å². The van der Waals surface area contributed by atoms with Gasteiger partial charge < -0.3 is 30.0 Å². The van der Waals surface area contributed by atoms with Crippen LogP contribution in [0.1, 0.15) is 57.6 Å². The largest absolute Gasteiger partial charge is 0.409 e. The van der Waals surface area contributed by atoms with E-state index in [0.29, 0.717) is 35.0 Å². The number of nitrogens with zero attached hydrogens (tertiary/aromatic N) is 7. The highest BCUT2D eigenvalue weighted by Gasteiger charge is 2.39. The average molecular weight is 567 g/mol. The first-order valence-corrected chi connectivity index (χ1v) is 14.8. The number of aromatic nitrogens is 4. The van der Waals surface area contributed by atoms with E-state index in [0.717, 1.165) is 66.6 Å². The number of halogens is 1. The Hall–Kier alpha value is -3.11. The zero-order valence-electron chi connectivity index (χ0n) is 23.6. The smallest absolute Gasteiger partial charge is 0.207 e. The monoisotopic (exact) mass is 566 g/mol. The van der Waals surface area contributed by atoms with Crippen molar-refractivity contribution in [2.24, 2.45) is 22.7 Å². The van der Waals surface area contributed by atoms with Gasteiger partial charge in [-0.2, -0.15) is 0 Å². The first kappa shape index (κ1) is 27.1. The lowest BCUT2D eigenvalue weighted by molar-refractivity contribution is 0.0247. The maximum Gasteiger partial charge on any atom is 0.207 e. The lowest BCUT2D eigenvalue weighted by atomic mass is 9.83. The van der Waals surface area contributed by atoms with Gasteiger partial charge in [0.1, 0.15) is 17.2 Å². The third-order valence-corrected chi connectivity index (χ3v) is 9.11. The molecule has 11 heteroatoms. The van der Waals surface area contributed by atoms with Gasteiger partial charge >= 0.3 is 0 Å². The van der Waals surface area contributed by atoms with Crippen LogP contribution in [-0.2, 0) is 11.3 Å². The summed E-state index contributed by atoms with van der Waals surface area (Å²) in [6, 6.07) is 4.03. The Kier molecular flexibility index (Phi) is 7.48. The highest BCUT2D eigenvalue weighted by atomic mass is 35.5. The van der Waals surface area contributed by atoms with Crippen LogP contribution < -0.4 is 15.5 Å². The number of fused-ring (bicyclic) bond motifs is 2. The zero-order valence-corrected chi connectivity index (χ0v) is 24.3. The molecule has 3 aliphatic rings. The molecule has 40 heavy (non-hydrogen) atoms. The molecule has 10 nitrogen and oxygen atoms in total. The summed E-state index contributed by atoms with van der Waals surface area (Å²) in [6.07, 6.45) is 10.1. The second-order valence-corrected chi connectivity index (χ2v) is 12.3. The van der Waals surface area contributed by atoms with Crippen molar-refractivity contribution >= 4 is 40.2 Å². The van der Waals surface area contributed by atoms with Crippen LogP contribution in [0.5, 0.6) is 0 Å². The quantitative estimate of drug-likeness (QED) is 0.187. The van der Waals surface area contributed by atoms with Crippen molar-refractivity contribution in [3.05, 3.63) is 29.0 Å². The van der Waals surface area contributed by atoms with Crippen LogP contribution in [0.15, 0.2) is 23.5 Å². The zero-order chi connectivity index (χ0) is 28.0. The van der Waals surface area contributed by atoms with E-state index >= 15 is 0 Å². The van der Waals surface area contributed by atoms with Crippen LogP contribution in [0.4, 0.5) is 11.8 Å². The van der Waals surface area contributed by atoms with Crippen LogP contribution in [-0.4, -0.2) is 70.0 Å². The van der Waals surface area contributed by atoms with E-state index in [4.69, 9.17) is 32.0 Å². The number of ether oxygens (including phenoxy) is 1. The fourth-order valence-corrected chi connectivity index (χ4v) is 6.97. The number of pyridine rings is 2. The Bertz CT molecular complexity index is 1410. The molecule has 2 saturated carbocycles. The maximum atomic E-state index is 9.55. The van der Waals surface area contributed by atoms with Gasteiger partial charge in [-0.15, -0.1) is 0 Å². The highest BCUT2D eigenvalue weighted by molar-refractivity contribution is 6.31. The number of imidazole rings is 1. The molecule has 0 unspecified atom stereocenters. The molecule has 0 aromatic carbocycles. The molecular formula is C29H39ClN8O2. The van der Waals surface area contributed by atoms with Crippen LogP contribution >= 0.6 is 11.6 Å². The third-order valence-electron chi connectivity index (χ3n) is 8.90. The predicted octanol–water partition coefficient (Wildman–Crippen LogP) is 4.89. The van der Waals surface area contributed by atoms with E-state index < -0.39 is 0 Å². The van der Waals surface area contributed by atoms with Crippen molar-refractivity contribution in [2.45, 2.75) is 70.6 Å². The normalized spacial score (nSPS) is 25.4. The van der Waals surface area contributed by atoms with Gasteiger partial charge in [0.2, 0.25) is 5.95 Å². The van der Waals surface area contributed by atoms with Crippen molar-refractivity contribution < 1.29 is 9.94 Å². The van der Waals surface area contributed by atoms with Crippen molar-refractivity contribution in [2.75, 3.05) is 37.0 Å². The Labute approximate surface area is 240 Å². The van der Waals surface area contributed by atoms with Gasteiger partial charge in [0.15, 0.2) is 5.84 Å².